The number of pyridine rings is 1. The molecule has 2 aliphatic rings. The van der Waals surface area contributed by atoms with Crippen LogP contribution < -0.4 is 15.1 Å². The van der Waals surface area contributed by atoms with E-state index in [4.69, 9.17) is 4.98 Å². The first-order chi connectivity index (χ1) is 16.8. The van der Waals surface area contributed by atoms with E-state index in [1.807, 2.05) is 24.3 Å². The molecule has 2 amide bonds. The van der Waals surface area contributed by atoms with Crippen LogP contribution in [0.5, 0.6) is 0 Å². The maximum atomic E-state index is 13.7. The van der Waals surface area contributed by atoms with E-state index in [-0.39, 0.29) is 12.1 Å². The van der Waals surface area contributed by atoms with Crippen molar-refractivity contribution >= 4 is 23.2 Å². The van der Waals surface area contributed by atoms with Gasteiger partial charge in [-0.15, -0.1) is 0 Å². The predicted molar refractivity (Wildman–Crippen MR) is 132 cm³/mol. The van der Waals surface area contributed by atoms with Crippen LogP contribution in [0.4, 0.5) is 35.2 Å². The number of carbonyl (C=O) groups excluding carboxylic acids is 1. The molecule has 182 valence electrons. The number of rotatable bonds is 4. The number of aromatic nitrogens is 1. The summed E-state index contributed by atoms with van der Waals surface area (Å²) in [6.07, 6.45) is -2.06. The number of hydrogen-bond donors (Lipinski definition) is 1. The van der Waals surface area contributed by atoms with Gasteiger partial charge in [0.15, 0.2) is 5.82 Å². The van der Waals surface area contributed by atoms with E-state index in [0.29, 0.717) is 23.6 Å². The number of anilines is 3. The molecule has 1 atom stereocenters. The summed E-state index contributed by atoms with van der Waals surface area (Å²) in [4.78, 5) is 22.3. The molecule has 8 heteroatoms. The van der Waals surface area contributed by atoms with E-state index in [0.717, 1.165) is 60.4 Å². The number of alkyl halides is 3. The first kappa shape index (κ1) is 23.2. The molecule has 5 nitrogen and oxygen atoms in total. The Hall–Kier alpha value is -3.55. The number of para-hydroxylation sites is 1. The maximum Gasteiger partial charge on any atom is 0.416 e. The van der Waals surface area contributed by atoms with Gasteiger partial charge in [0.2, 0.25) is 0 Å². The molecule has 3 heterocycles. The van der Waals surface area contributed by atoms with Crippen LogP contribution in [0.15, 0.2) is 54.6 Å². The second-order valence-corrected chi connectivity index (χ2v) is 8.96. The Kier molecular flexibility index (Phi) is 5.91. The third-order valence-corrected chi connectivity index (χ3v) is 6.89. The summed E-state index contributed by atoms with van der Waals surface area (Å²) in [5.41, 5.74) is 3.82. The van der Waals surface area contributed by atoms with Gasteiger partial charge in [-0.2, -0.15) is 13.2 Å². The highest BCUT2D eigenvalue weighted by Crippen LogP contribution is 2.41. The summed E-state index contributed by atoms with van der Waals surface area (Å²) in [5, 5.41) is 3.14. The van der Waals surface area contributed by atoms with Gasteiger partial charge in [-0.05, 0) is 54.7 Å². The Balaban J connectivity index is 1.54. The summed E-state index contributed by atoms with van der Waals surface area (Å²) in [6, 6.07) is 14.4. The van der Waals surface area contributed by atoms with Crippen molar-refractivity contribution in [3.63, 3.8) is 0 Å². The van der Waals surface area contributed by atoms with Gasteiger partial charge in [-0.25, -0.2) is 9.78 Å². The number of amides is 2. The number of fused-ring (bicyclic) bond motifs is 4. The zero-order valence-electron chi connectivity index (χ0n) is 19.7. The molecule has 0 saturated carbocycles. The largest absolute Gasteiger partial charge is 0.416 e. The van der Waals surface area contributed by atoms with Gasteiger partial charge in [0.1, 0.15) is 0 Å². The molecule has 1 saturated heterocycles. The Morgan fingerprint density at radius 3 is 2.46 bits per heavy atom. The maximum absolute atomic E-state index is 13.7. The number of aryl methyl sites for hydroxylation is 2. The van der Waals surface area contributed by atoms with Crippen LogP contribution in [0.25, 0.3) is 11.3 Å². The monoisotopic (exact) mass is 480 g/mol. The van der Waals surface area contributed by atoms with Crippen molar-refractivity contribution in [1.29, 1.82) is 0 Å². The van der Waals surface area contributed by atoms with Gasteiger partial charge in [0.05, 0.1) is 23.0 Å². The van der Waals surface area contributed by atoms with Crippen LogP contribution in [0.1, 0.15) is 37.0 Å². The quantitative estimate of drug-likeness (QED) is 0.462. The molecular formula is C27H27F3N4O. The lowest BCUT2D eigenvalue weighted by Gasteiger charge is -2.36. The van der Waals surface area contributed by atoms with Crippen LogP contribution in [-0.2, 0) is 19.0 Å². The second kappa shape index (κ2) is 8.91. The van der Waals surface area contributed by atoms with Crippen molar-refractivity contribution in [2.24, 2.45) is 0 Å². The first-order valence-electron chi connectivity index (χ1n) is 11.9. The van der Waals surface area contributed by atoms with E-state index in [1.54, 1.807) is 17.0 Å². The molecule has 1 aromatic heterocycles. The summed E-state index contributed by atoms with van der Waals surface area (Å²) >= 11 is 0. The van der Waals surface area contributed by atoms with Crippen LogP contribution in [-0.4, -0.2) is 30.1 Å². The van der Waals surface area contributed by atoms with Crippen molar-refractivity contribution < 1.29 is 18.0 Å². The third kappa shape index (κ3) is 4.22. The molecule has 0 radical (unpaired) electrons. The van der Waals surface area contributed by atoms with E-state index >= 15 is 0 Å². The lowest BCUT2D eigenvalue weighted by molar-refractivity contribution is -0.137. The fourth-order valence-corrected chi connectivity index (χ4v) is 5.06. The highest BCUT2D eigenvalue weighted by molar-refractivity contribution is 6.05. The molecular weight excluding hydrogens is 453 g/mol. The van der Waals surface area contributed by atoms with Crippen LogP contribution in [0, 0.1) is 0 Å². The predicted octanol–water partition coefficient (Wildman–Crippen LogP) is 6.52. The molecule has 35 heavy (non-hydrogen) atoms. The Morgan fingerprint density at radius 2 is 1.77 bits per heavy atom. The number of halogens is 3. The smallest absolute Gasteiger partial charge is 0.366 e. The standard InChI is InChI=1S/C27H27F3N4O/c1-3-17-7-5-8-18(4-2)24(17)32-26(35)34-21-13-14-33(16-21)23-12-11-22(31-25(23)34)19-9-6-10-20(15-19)27(28,29)30/h5-12,15,21H,3-4,13-14,16H2,1-2H3,(H,32,35)/t21-/m0/s1. The van der Waals surface area contributed by atoms with Gasteiger partial charge in [0.25, 0.3) is 0 Å². The van der Waals surface area contributed by atoms with Crippen molar-refractivity contribution in [2.75, 3.05) is 28.2 Å². The minimum Gasteiger partial charge on any atom is -0.366 e. The fraction of sp³-hybridized carbons (Fsp3) is 0.333. The average Bonchev–Trinajstić information content (AvgIpc) is 3.27. The van der Waals surface area contributed by atoms with Crippen LogP contribution >= 0.6 is 0 Å². The molecule has 1 N–H and O–H groups in total. The highest BCUT2D eigenvalue weighted by Gasteiger charge is 2.40. The molecule has 0 unspecified atom stereocenters. The van der Waals surface area contributed by atoms with Gasteiger partial charge in [-0.3, -0.25) is 4.90 Å². The molecule has 2 aromatic carbocycles. The first-order valence-corrected chi connectivity index (χ1v) is 11.9. The van der Waals surface area contributed by atoms with Crippen molar-refractivity contribution in [3.05, 3.63) is 71.3 Å². The molecule has 5 rings (SSSR count). The Morgan fingerprint density at radius 1 is 1.06 bits per heavy atom. The molecule has 2 aliphatic heterocycles. The van der Waals surface area contributed by atoms with Gasteiger partial charge < -0.3 is 10.2 Å². The SMILES string of the molecule is CCc1cccc(CC)c1NC(=O)N1c2nc(-c3cccc(C(F)(F)F)c3)ccc2N2CC[C@H]1C2. The summed E-state index contributed by atoms with van der Waals surface area (Å²) in [6.45, 7) is 5.62. The minimum atomic E-state index is -4.44. The second-order valence-electron chi connectivity index (χ2n) is 8.96. The zero-order chi connectivity index (χ0) is 24.7. The van der Waals surface area contributed by atoms with E-state index < -0.39 is 11.7 Å². The lowest BCUT2D eigenvalue weighted by Crippen LogP contribution is -2.48. The molecule has 0 aliphatic carbocycles. The summed E-state index contributed by atoms with van der Waals surface area (Å²) in [7, 11) is 0. The fourth-order valence-electron chi connectivity index (χ4n) is 5.06. The third-order valence-electron chi connectivity index (χ3n) is 6.89. The number of carbonyl (C=O) groups is 1. The average molecular weight is 481 g/mol. The normalized spacial score (nSPS) is 16.9. The molecule has 2 bridgehead atoms. The minimum absolute atomic E-state index is 0.0503. The molecule has 0 spiro atoms. The van der Waals surface area contributed by atoms with Crippen LogP contribution in [0.3, 0.4) is 0 Å². The Bertz CT molecular complexity index is 1250. The number of nitrogens with zero attached hydrogens (tertiary/aromatic N) is 3. The molecule has 1 fully saturated rings. The van der Waals surface area contributed by atoms with Crippen molar-refractivity contribution in [2.45, 2.75) is 45.3 Å². The van der Waals surface area contributed by atoms with Crippen molar-refractivity contribution in [1.82, 2.24) is 4.98 Å². The highest BCUT2D eigenvalue weighted by atomic mass is 19.4. The number of urea groups is 1. The van der Waals surface area contributed by atoms with Gasteiger partial charge in [-0.1, -0.05) is 44.2 Å². The Labute approximate surface area is 202 Å². The van der Waals surface area contributed by atoms with Crippen LogP contribution in [0.2, 0.25) is 0 Å². The van der Waals surface area contributed by atoms with E-state index in [9.17, 15) is 18.0 Å². The van der Waals surface area contributed by atoms with E-state index in [1.165, 1.54) is 6.07 Å². The van der Waals surface area contributed by atoms with Gasteiger partial charge in [0, 0.05) is 24.3 Å². The van der Waals surface area contributed by atoms with Crippen molar-refractivity contribution in [3.8, 4) is 11.3 Å². The number of nitrogens with one attached hydrogen (secondary N) is 1. The summed E-state index contributed by atoms with van der Waals surface area (Å²) in [5.74, 6) is 0.484. The topological polar surface area (TPSA) is 48.5 Å². The molecule has 3 aromatic rings. The number of benzene rings is 2. The zero-order valence-corrected chi connectivity index (χ0v) is 19.7. The lowest BCUT2D eigenvalue weighted by atomic mass is 10.0. The van der Waals surface area contributed by atoms with E-state index in [2.05, 4.69) is 24.1 Å². The van der Waals surface area contributed by atoms with Gasteiger partial charge >= 0.3 is 12.2 Å². The number of hydrogen-bond acceptors (Lipinski definition) is 3. The summed E-state index contributed by atoms with van der Waals surface area (Å²) < 4.78 is 39.8.